The van der Waals surface area contributed by atoms with E-state index in [0.717, 1.165) is 0 Å². The lowest BCUT2D eigenvalue weighted by Gasteiger charge is -2.38. The van der Waals surface area contributed by atoms with Crippen LogP contribution in [0.25, 0.3) is 0 Å². The van der Waals surface area contributed by atoms with E-state index >= 15 is 0 Å². The molecule has 0 saturated carbocycles. The highest BCUT2D eigenvalue weighted by atomic mass is 127. The summed E-state index contributed by atoms with van der Waals surface area (Å²) in [4.78, 5) is 0. The lowest BCUT2D eigenvalue weighted by molar-refractivity contribution is -0.358. The molecule has 0 aromatic carbocycles. The van der Waals surface area contributed by atoms with Gasteiger partial charge in [0.2, 0.25) is 0 Å². The van der Waals surface area contributed by atoms with Crippen LogP contribution in [0.2, 0.25) is 0 Å². The lowest BCUT2D eigenvalue weighted by atomic mass is 9.87. The monoisotopic (exact) mass is 446 g/mol. The van der Waals surface area contributed by atoms with E-state index in [0.29, 0.717) is 0 Å². The van der Waals surface area contributed by atoms with Crippen molar-refractivity contribution < 1.29 is 35.1 Å². The summed E-state index contributed by atoms with van der Waals surface area (Å²) in [6, 6.07) is 0. The predicted octanol–water partition coefficient (Wildman–Crippen LogP) is 5.82. The van der Waals surface area contributed by atoms with E-state index in [2.05, 4.69) is 11.6 Å². The van der Waals surface area contributed by atoms with E-state index in [1.807, 2.05) is 0 Å². The topological polar surface area (TPSA) is 0 Å². The highest BCUT2D eigenvalue weighted by molar-refractivity contribution is 14.1. The van der Waals surface area contributed by atoms with Gasteiger partial charge < -0.3 is 0 Å². The van der Waals surface area contributed by atoms with Crippen molar-refractivity contribution in [1.82, 2.24) is 0 Å². The Hall–Kier alpha value is 0.460. The van der Waals surface area contributed by atoms with Crippen molar-refractivity contribution in [1.29, 1.82) is 0 Å². The molecular formula is C10H12ClF8I. The lowest BCUT2D eigenvalue weighted by Crippen LogP contribution is -2.63. The first-order valence-corrected chi connectivity index (χ1v) is 7.29. The molecule has 0 rings (SSSR count). The second-order valence-electron chi connectivity index (χ2n) is 4.75. The molecule has 1 unspecified atom stereocenters. The maximum Gasteiger partial charge on any atom is 0.392 e. The maximum atomic E-state index is 13.6. The fraction of sp³-hybridized carbons (Fsp3) is 1.00. The summed E-state index contributed by atoms with van der Waals surface area (Å²) in [7, 11) is 0. The standard InChI is InChI=1S/C10H12ClF8I/c1-5(2)3-6(4-20)7(12,13)8(14,15)9(16,17)10(11,18)19/h5-6H,3-4H2,1-2H3. The molecule has 20 heavy (non-hydrogen) atoms. The summed E-state index contributed by atoms with van der Waals surface area (Å²) in [6.45, 7) is 2.84. The largest absolute Gasteiger partial charge is 0.392 e. The van der Waals surface area contributed by atoms with Crippen LogP contribution in [0.3, 0.4) is 0 Å². The third-order valence-electron chi connectivity index (χ3n) is 2.62. The summed E-state index contributed by atoms with van der Waals surface area (Å²) in [5, 5.41) is -5.78. The molecule has 122 valence electrons. The van der Waals surface area contributed by atoms with E-state index in [-0.39, 0.29) is 0 Å². The van der Waals surface area contributed by atoms with E-state index < -0.39 is 45.8 Å². The Morgan fingerprint density at radius 1 is 0.900 bits per heavy atom. The highest BCUT2D eigenvalue weighted by Crippen LogP contribution is 2.56. The first-order chi connectivity index (χ1) is 8.63. The van der Waals surface area contributed by atoms with Crippen LogP contribution >= 0.6 is 34.2 Å². The van der Waals surface area contributed by atoms with Crippen LogP contribution in [0.1, 0.15) is 20.3 Å². The average Bonchev–Trinajstić information content (AvgIpc) is 2.23. The Kier molecular flexibility index (Phi) is 6.44. The Morgan fingerprint density at radius 3 is 1.55 bits per heavy atom. The molecule has 1 atom stereocenters. The van der Waals surface area contributed by atoms with Crippen molar-refractivity contribution in [3.63, 3.8) is 0 Å². The Balaban J connectivity index is 5.65. The van der Waals surface area contributed by atoms with Crippen LogP contribution in [0.5, 0.6) is 0 Å². The molecular weight excluding hydrogens is 434 g/mol. The number of rotatable bonds is 7. The minimum absolute atomic E-state index is 0.499. The highest BCUT2D eigenvalue weighted by Gasteiger charge is 2.81. The number of alkyl halides is 10. The van der Waals surface area contributed by atoms with Crippen molar-refractivity contribution in [2.75, 3.05) is 4.43 Å². The van der Waals surface area contributed by atoms with Gasteiger partial charge in [0, 0.05) is 10.3 Å². The Bertz CT molecular complexity index is 326. The van der Waals surface area contributed by atoms with E-state index in [4.69, 9.17) is 0 Å². The summed E-state index contributed by atoms with van der Waals surface area (Å²) in [5.41, 5.74) is 0. The number of halogens is 10. The molecule has 0 aliphatic heterocycles. The Morgan fingerprint density at radius 2 is 1.30 bits per heavy atom. The first-order valence-electron chi connectivity index (χ1n) is 5.39. The van der Waals surface area contributed by atoms with E-state index in [1.165, 1.54) is 36.4 Å². The SMILES string of the molecule is CC(C)CC(CI)C(F)(F)C(F)(F)C(F)(F)C(F)(F)Cl. The van der Waals surface area contributed by atoms with Crippen molar-refractivity contribution in [3.05, 3.63) is 0 Å². The van der Waals surface area contributed by atoms with Gasteiger partial charge in [-0.1, -0.05) is 36.4 Å². The van der Waals surface area contributed by atoms with E-state index in [1.54, 1.807) is 0 Å². The van der Waals surface area contributed by atoms with Crippen LogP contribution in [0, 0.1) is 11.8 Å². The van der Waals surface area contributed by atoms with Gasteiger partial charge in [0.05, 0.1) is 0 Å². The maximum absolute atomic E-state index is 13.6. The fourth-order valence-electron chi connectivity index (χ4n) is 1.52. The molecule has 0 saturated heterocycles. The van der Waals surface area contributed by atoms with Crippen molar-refractivity contribution in [2.45, 2.75) is 43.4 Å². The smallest absolute Gasteiger partial charge is 0.199 e. The molecule has 0 radical (unpaired) electrons. The van der Waals surface area contributed by atoms with Crippen molar-refractivity contribution >= 4 is 34.2 Å². The first kappa shape index (κ1) is 20.5. The molecule has 0 spiro atoms. The zero-order valence-electron chi connectivity index (χ0n) is 10.3. The quantitative estimate of drug-likeness (QED) is 0.263. The van der Waals surface area contributed by atoms with Gasteiger partial charge in [0.25, 0.3) is 0 Å². The molecule has 0 aliphatic rings. The summed E-state index contributed by atoms with van der Waals surface area (Å²) >= 11 is 5.19. The zero-order chi connectivity index (χ0) is 16.6. The van der Waals surface area contributed by atoms with Gasteiger partial charge in [-0.15, -0.1) is 0 Å². The minimum Gasteiger partial charge on any atom is -0.199 e. The fourth-order valence-corrected chi connectivity index (χ4v) is 2.55. The number of hydrogen-bond donors (Lipinski definition) is 0. The van der Waals surface area contributed by atoms with Crippen LogP contribution in [-0.2, 0) is 0 Å². The molecule has 10 heteroatoms. The van der Waals surface area contributed by atoms with E-state index in [9.17, 15) is 35.1 Å². The van der Waals surface area contributed by atoms with Crippen LogP contribution < -0.4 is 0 Å². The number of hydrogen-bond acceptors (Lipinski definition) is 0. The zero-order valence-corrected chi connectivity index (χ0v) is 13.3. The predicted molar refractivity (Wildman–Crippen MR) is 67.5 cm³/mol. The van der Waals surface area contributed by atoms with Crippen molar-refractivity contribution in [2.24, 2.45) is 11.8 Å². The molecule has 0 N–H and O–H groups in total. The molecule has 0 bridgehead atoms. The molecule has 0 aromatic rings. The summed E-state index contributed by atoms with van der Waals surface area (Å²) in [5.74, 6) is -20.6. The molecule has 0 heterocycles. The van der Waals surface area contributed by atoms with Crippen LogP contribution in [-0.4, -0.2) is 27.6 Å². The molecule has 0 fully saturated rings. The average molecular weight is 447 g/mol. The van der Waals surface area contributed by atoms with Gasteiger partial charge >= 0.3 is 23.1 Å². The van der Waals surface area contributed by atoms with Crippen LogP contribution in [0.4, 0.5) is 35.1 Å². The Labute approximate surface area is 129 Å². The third kappa shape index (κ3) is 3.61. The molecule has 0 nitrogen and oxygen atoms in total. The minimum atomic E-state index is -6.37. The third-order valence-corrected chi connectivity index (χ3v) is 3.92. The summed E-state index contributed by atoms with van der Waals surface area (Å²) in [6.07, 6.45) is -0.518. The molecule has 0 aromatic heterocycles. The van der Waals surface area contributed by atoms with Crippen LogP contribution in [0.15, 0.2) is 0 Å². The van der Waals surface area contributed by atoms with Gasteiger partial charge in [-0.25, -0.2) is 0 Å². The normalized spacial score (nSPS) is 16.6. The summed E-state index contributed by atoms with van der Waals surface area (Å²) < 4.78 is 104. The van der Waals surface area contributed by atoms with Crippen molar-refractivity contribution in [3.8, 4) is 0 Å². The van der Waals surface area contributed by atoms with Gasteiger partial charge in [0.1, 0.15) is 0 Å². The molecule has 0 amide bonds. The second kappa shape index (κ2) is 6.29. The molecule has 0 aliphatic carbocycles. The van der Waals surface area contributed by atoms with Gasteiger partial charge in [-0.05, 0) is 23.9 Å². The van der Waals surface area contributed by atoms with Gasteiger partial charge in [-0.3, -0.25) is 0 Å². The van der Waals surface area contributed by atoms with Gasteiger partial charge in [-0.2, -0.15) is 35.1 Å². The van der Waals surface area contributed by atoms with Gasteiger partial charge in [0.15, 0.2) is 0 Å². The second-order valence-corrected chi connectivity index (χ2v) is 6.11.